The molecule has 0 aliphatic carbocycles. The third-order valence-electron chi connectivity index (χ3n) is 2.72. The van der Waals surface area contributed by atoms with Crippen LogP contribution in [0.15, 0.2) is 24.3 Å². The van der Waals surface area contributed by atoms with Crippen LogP contribution in [0.2, 0.25) is 0 Å². The molecule has 1 rings (SSSR count). The topological polar surface area (TPSA) is 50.4 Å². The number of rotatable bonds is 6. The van der Waals surface area contributed by atoms with Gasteiger partial charge >= 0.3 is 6.09 Å². The molecule has 18 heavy (non-hydrogen) atoms. The van der Waals surface area contributed by atoms with Crippen molar-refractivity contribution in [1.82, 2.24) is 0 Å². The monoisotopic (exact) mass is 250 g/mol. The van der Waals surface area contributed by atoms with Gasteiger partial charge in [0.15, 0.2) is 0 Å². The number of hydrogen-bond acceptors (Lipinski definition) is 3. The number of unbranched alkanes of at least 4 members (excludes halogenated alkanes) is 1. The maximum absolute atomic E-state index is 11.0. The molecule has 0 spiro atoms. The second-order valence-electron chi connectivity index (χ2n) is 4.38. The molecule has 0 bridgehead atoms. The second-order valence-corrected chi connectivity index (χ2v) is 4.38. The van der Waals surface area contributed by atoms with Gasteiger partial charge in [0.25, 0.3) is 0 Å². The average Bonchev–Trinajstić information content (AvgIpc) is 2.38. The minimum Gasteiger partial charge on any atom is -0.453 e. The van der Waals surface area contributed by atoms with E-state index < -0.39 is 6.09 Å². The Morgan fingerprint density at radius 3 is 2.44 bits per heavy atom. The molecule has 0 saturated heterocycles. The Balaban J connectivity index is 2.47. The van der Waals surface area contributed by atoms with Crippen LogP contribution >= 0.6 is 0 Å². The normalized spacial score (nSPS) is 11.7. The van der Waals surface area contributed by atoms with E-state index in [-0.39, 0.29) is 0 Å². The highest BCUT2D eigenvalue weighted by atomic mass is 16.5. The molecule has 0 aliphatic heterocycles. The lowest BCUT2D eigenvalue weighted by Crippen LogP contribution is -2.15. The van der Waals surface area contributed by atoms with E-state index in [0.717, 1.165) is 11.4 Å². The van der Waals surface area contributed by atoms with Crippen LogP contribution in [0.4, 0.5) is 16.2 Å². The zero-order chi connectivity index (χ0) is 13.4. The number of benzene rings is 1. The van der Waals surface area contributed by atoms with Crippen molar-refractivity contribution >= 4 is 17.5 Å². The van der Waals surface area contributed by atoms with Gasteiger partial charge in [-0.3, -0.25) is 5.32 Å². The van der Waals surface area contributed by atoms with Crippen molar-refractivity contribution in [2.24, 2.45) is 0 Å². The van der Waals surface area contributed by atoms with Crippen LogP contribution in [0.25, 0.3) is 0 Å². The Bertz CT molecular complexity index is 363. The minimum atomic E-state index is -0.452. The highest BCUT2D eigenvalue weighted by Crippen LogP contribution is 2.15. The SMILES string of the molecule is CCCCC(C)Nc1ccc(NC(=O)OC)cc1. The molecule has 1 unspecified atom stereocenters. The molecular formula is C14H22N2O2. The molecule has 1 aromatic rings. The number of carbonyl (C=O) groups excluding carboxylic acids is 1. The molecule has 0 radical (unpaired) electrons. The predicted molar refractivity (Wildman–Crippen MR) is 75.1 cm³/mol. The van der Waals surface area contributed by atoms with Gasteiger partial charge in [0.2, 0.25) is 0 Å². The van der Waals surface area contributed by atoms with E-state index in [2.05, 4.69) is 29.2 Å². The smallest absolute Gasteiger partial charge is 0.411 e. The van der Waals surface area contributed by atoms with E-state index in [4.69, 9.17) is 0 Å². The number of carbonyl (C=O) groups is 1. The van der Waals surface area contributed by atoms with Gasteiger partial charge in [-0.15, -0.1) is 0 Å². The predicted octanol–water partition coefficient (Wildman–Crippen LogP) is 3.86. The lowest BCUT2D eigenvalue weighted by atomic mass is 10.1. The van der Waals surface area contributed by atoms with E-state index in [1.807, 2.05) is 24.3 Å². The van der Waals surface area contributed by atoms with Crippen LogP contribution in [0.5, 0.6) is 0 Å². The van der Waals surface area contributed by atoms with Crippen molar-refractivity contribution in [3.63, 3.8) is 0 Å². The third-order valence-corrected chi connectivity index (χ3v) is 2.72. The maximum Gasteiger partial charge on any atom is 0.411 e. The van der Waals surface area contributed by atoms with Crippen LogP contribution in [-0.4, -0.2) is 19.2 Å². The molecule has 0 aliphatic rings. The van der Waals surface area contributed by atoms with Crippen LogP contribution in [-0.2, 0) is 4.74 Å². The van der Waals surface area contributed by atoms with Crippen LogP contribution in [0.3, 0.4) is 0 Å². The van der Waals surface area contributed by atoms with E-state index in [1.165, 1.54) is 26.4 Å². The van der Waals surface area contributed by atoms with E-state index >= 15 is 0 Å². The first kappa shape index (κ1) is 14.4. The summed E-state index contributed by atoms with van der Waals surface area (Å²) < 4.78 is 4.53. The third kappa shape index (κ3) is 5.08. The van der Waals surface area contributed by atoms with Gasteiger partial charge in [-0.25, -0.2) is 4.79 Å². The zero-order valence-corrected chi connectivity index (χ0v) is 11.3. The standard InChI is InChI=1S/C14H22N2O2/c1-4-5-6-11(2)15-12-7-9-13(10-8-12)16-14(17)18-3/h7-11,15H,4-6H2,1-3H3,(H,16,17). The summed E-state index contributed by atoms with van der Waals surface area (Å²) in [4.78, 5) is 11.0. The maximum atomic E-state index is 11.0. The minimum absolute atomic E-state index is 0.452. The summed E-state index contributed by atoms with van der Waals surface area (Å²) in [7, 11) is 1.35. The van der Waals surface area contributed by atoms with Gasteiger partial charge in [-0.2, -0.15) is 0 Å². The van der Waals surface area contributed by atoms with Crippen LogP contribution in [0.1, 0.15) is 33.1 Å². The van der Waals surface area contributed by atoms with Crippen molar-refractivity contribution in [1.29, 1.82) is 0 Å². The quantitative estimate of drug-likeness (QED) is 0.806. The molecule has 0 saturated carbocycles. The number of nitrogens with one attached hydrogen (secondary N) is 2. The van der Waals surface area contributed by atoms with Crippen molar-refractivity contribution in [2.75, 3.05) is 17.7 Å². The number of hydrogen-bond donors (Lipinski definition) is 2. The Kier molecular flexibility index (Phi) is 6.05. The molecule has 4 heteroatoms. The van der Waals surface area contributed by atoms with Gasteiger partial charge in [0.1, 0.15) is 0 Å². The molecule has 1 aromatic carbocycles. The first-order valence-corrected chi connectivity index (χ1v) is 6.37. The first-order valence-electron chi connectivity index (χ1n) is 6.37. The highest BCUT2D eigenvalue weighted by molar-refractivity contribution is 5.84. The summed E-state index contributed by atoms with van der Waals surface area (Å²) in [6.45, 7) is 4.37. The van der Waals surface area contributed by atoms with E-state index in [1.54, 1.807) is 0 Å². The largest absolute Gasteiger partial charge is 0.453 e. The van der Waals surface area contributed by atoms with Gasteiger partial charge in [-0.05, 0) is 37.6 Å². The Morgan fingerprint density at radius 2 is 1.89 bits per heavy atom. The molecule has 0 aromatic heterocycles. The summed E-state index contributed by atoms with van der Waals surface area (Å²) in [5.74, 6) is 0. The molecule has 0 heterocycles. The van der Waals surface area contributed by atoms with Crippen molar-refractivity contribution in [2.45, 2.75) is 39.2 Å². The molecule has 0 fully saturated rings. The molecular weight excluding hydrogens is 228 g/mol. The van der Waals surface area contributed by atoms with Crippen molar-refractivity contribution in [3.8, 4) is 0 Å². The zero-order valence-electron chi connectivity index (χ0n) is 11.3. The fourth-order valence-corrected chi connectivity index (χ4v) is 1.69. The number of anilines is 2. The molecule has 100 valence electrons. The van der Waals surface area contributed by atoms with Gasteiger partial charge < -0.3 is 10.1 Å². The first-order chi connectivity index (χ1) is 8.65. The van der Waals surface area contributed by atoms with Gasteiger partial charge in [0, 0.05) is 17.4 Å². The van der Waals surface area contributed by atoms with Crippen molar-refractivity contribution in [3.05, 3.63) is 24.3 Å². The highest BCUT2D eigenvalue weighted by Gasteiger charge is 2.03. The second kappa shape index (κ2) is 7.58. The van der Waals surface area contributed by atoms with E-state index in [0.29, 0.717) is 6.04 Å². The van der Waals surface area contributed by atoms with Gasteiger partial charge in [0.05, 0.1) is 7.11 Å². The number of amides is 1. The van der Waals surface area contributed by atoms with Crippen molar-refractivity contribution < 1.29 is 9.53 Å². The summed E-state index contributed by atoms with van der Waals surface area (Å²) in [5.41, 5.74) is 1.79. The van der Waals surface area contributed by atoms with Crippen LogP contribution in [0, 0.1) is 0 Å². The number of methoxy groups -OCH3 is 1. The van der Waals surface area contributed by atoms with Gasteiger partial charge in [-0.1, -0.05) is 19.8 Å². The molecule has 1 atom stereocenters. The summed E-state index contributed by atoms with van der Waals surface area (Å²) in [6.07, 6.45) is 3.16. The summed E-state index contributed by atoms with van der Waals surface area (Å²) in [5, 5.41) is 6.04. The molecule has 4 nitrogen and oxygen atoms in total. The Hall–Kier alpha value is -1.71. The summed E-state index contributed by atoms with van der Waals surface area (Å²) in [6, 6.07) is 8.07. The molecule has 1 amide bonds. The average molecular weight is 250 g/mol. The summed E-state index contributed by atoms with van der Waals surface area (Å²) >= 11 is 0. The lowest BCUT2D eigenvalue weighted by molar-refractivity contribution is 0.187. The van der Waals surface area contributed by atoms with E-state index in [9.17, 15) is 4.79 Å². The van der Waals surface area contributed by atoms with Crippen LogP contribution < -0.4 is 10.6 Å². The fourth-order valence-electron chi connectivity index (χ4n) is 1.69. The Morgan fingerprint density at radius 1 is 1.28 bits per heavy atom. The fraction of sp³-hybridized carbons (Fsp3) is 0.500. The number of ether oxygens (including phenoxy) is 1. The lowest BCUT2D eigenvalue weighted by Gasteiger charge is -2.15. The Labute approximate surface area is 109 Å². The molecule has 2 N–H and O–H groups in total.